The van der Waals surface area contributed by atoms with Crippen molar-refractivity contribution in [2.45, 2.75) is 20.3 Å². The molecule has 158 valence electrons. The van der Waals surface area contributed by atoms with E-state index in [1.807, 2.05) is 12.1 Å². The van der Waals surface area contributed by atoms with Gasteiger partial charge in [0.05, 0.1) is 23.4 Å². The highest BCUT2D eigenvalue weighted by molar-refractivity contribution is 7.21. The Hall–Kier alpha value is -2.57. The Bertz CT molecular complexity index is 1050. The fourth-order valence-electron chi connectivity index (χ4n) is 4.19. The van der Waals surface area contributed by atoms with Gasteiger partial charge in [0.1, 0.15) is 5.75 Å². The number of anilines is 1. The first-order chi connectivity index (χ1) is 14.6. The highest BCUT2D eigenvalue weighted by Gasteiger charge is 2.21. The van der Waals surface area contributed by atoms with Gasteiger partial charge in [-0.3, -0.25) is 4.90 Å². The van der Waals surface area contributed by atoms with E-state index in [0.717, 1.165) is 61.2 Å². The molecule has 30 heavy (non-hydrogen) atoms. The topological polar surface area (TPSA) is 48.3 Å². The van der Waals surface area contributed by atoms with Gasteiger partial charge < -0.3 is 14.8 Å². The number of hydrogen-bond acceptors (Lipinski definition) is 6. The number of methoxy groups -OCH3 is 1. The highest BCUT2D eigenvalue weighted by atomic mass is 32.1. The molecule has 0 bridgehead atoms. The highest BCUT2D eigenvalue weighted by Crippen LogP contribution is 2.33. The van der Waals surface area contributed by atoms with Crippen LogP contribution < -0.4 is 9.64 Å². The molecule has 4 rings (SSSR count). The molecule has 0 amide bonds. The standard InChI is InChI=1S/C24H29N3O2S/c1-17-8-9-23-19(16-17)18(2)24(30-23)20(25-28)10-11-26-12-14-27(15-13-26)21-6-4-5-7-22(21)29-3/h4-9,16,28H,10-15H2,1-3H3/b25-20+. The van der Waals surface area contributed by atoms with Crippen molar-refractivity contribution < 1.29 is 9.94 Å². The molecule has 0 unspecified atom stereocenters. The molecule has 1 saturated heterocycles. The van der Waals surface area contributed by atoms with E-state index in [1.165, 1.54) is 21.2 Å². The van der Waals surface area contributed by atoms with Crippen molar-refractivity contribution in [2.24, 2.45) is 5.16 Å². The lowest BCUT2D eigenvalue weighted by atomic mass is 10.1. The second kappa shape index (κ2) is 9.06. The first kappa shape index (κ1) is 20.7. The fourth-order valence-corrected chi connectivity index (χ4v) is 5.39. The Kier molecular flexibility index (Phi) is 6.25. The summed E-state index contributed by atoms with van der Waals surface area (Å²) in [6, 6.07) is 14.7. The van der Waals surface area contributed by atoms with Gasteiger partial charge in [0.25, 0.3) is 0 Å². The van der Waals surface area contributed by atoms with Crippen molar-refractivity contribution in [3.8, 4) is 5.75 Å². The maximum absolute atomic E-state index is 9.72. The molecule has 1 aliphatic rings. The van der Waals surface area contributed by atoms with Gasteiger partial charge in [0, 0.05) is 43.8 Å². The summed E-state index contributed by atoms with van der Waals surface area (Å²) < 4.78 is 6.76. The van der Waals surface area contributed by atoms with Crippen LogP contribution in [0.4, 0.5) is 5.69 Å². The summed E-state index contributed by atoms with van der Waals surface area (Å²) in [7, 11) is 1.72. The maximum atomic E-state index is 9.72. The minimum atomic E-state index is 0.748. The van der Waals surface area contributed by atoms with Gasteiger partial charge in [0.2, 0.25) is 0 Å². The lowest BCUT2D eigenvalue weighted by molar-refractivity contribution is 0.262. The van der Waals surface area contributed by atoms with E-state index in [1.54, 1.807) is 18.4 Å². The molecule has 1 aliphatic heterocycles. The number of nitrogens with zero attached hydrogens (tertiary/aromatic N) is 3. The summed E-state index contributed by atoms with van der Waals surface area (Å²) in [6.07, 6.45) is 0.748. The molecule has 1 fully saturated rings. The summed E-state index contributed by atoms with van der Waals surface area (Å²) in [4.78, 5) is 5.93. The van der Waals surface area contributed by atoms with Crippen molar-refractivity contribution in [1.82, 2.24) is 4.90 Å². The molecular weight excluding hydrogens is 394 g/mol. The van der Waals surface area contributed by atoms with Gasteiger partial charge in [0.15, 0.2) is 0 Å². The minimum absolute atomic E-state index is 0.748. The van der Waals surface area contributed by atoms with Crippen molar-refractivity contribution in [1.29, 1.82) is 0 Å². The molecular formula is C24H29N3O2S. The average molecular weight is 424 g/mol. The van der Waals surface area contributed by atoms with Crippen LogP contribution in [-0.2, 0) is 0 Å². The third-order valence-corrected chi connectivity index (χ3v) is 7.26. The zero-order valence-corrected chi connectivity index (χ0v) is 18.7. The van der Waals surface area contributed by atoms with E-state index in [2.05, 4.69) is 59.1 Å². The number of benzene rings is 2. The van der Waals surface area contributed by atoms with Gasteiger partial charge in [-0.25, -0.2) is 0 Å². The summed E-state index contributed by atoms with van der Waals surface area (Å²) in [5.41, 5.74) is 4.42. The smallest absolute Gasteiger partial charge is 0.142 e. The average Bonchev–Trinajstić information content (AvgIpc) is 3.10. The summed E-state index contributed by atoms with van der Waals surface area (Å²) in [5.74, 6) is 0.927. The van der Waals surface area contributed by atoms with Crippen LogP contribution >= 0.6 is 11.3 Å². The van der Waals surface area contributed by atoms with Gasteiger partial charge in [-0.15, -0.1) is 11.3 Å². The number of thiophene rings is 1. The summed E-state index contributed by atoms with van der Waals surface area (Å²) in [5, 5.41) is 14.7. The predicted molar refractivity (Wildman–Crippen MR) is 126 cm³/mol. The molecule has 0 saturated carbocycles. The van der Waals surface area contributed by atoms with Crippen LogP contribution in [0.5, 0.6) is 5.75 Å². The van der Waals surface area contributed by atoms with E-state index >= 15 is 0 Å². The minimum Gasteiger partial charge on any atom is -0.495 e. The van der Waals surface area contributed by atoms with Crippen molar-refractivity contribution in [2.75, 3.05) is 44.7 Å². The van der Waals surface area contributed by atoms with Gasteiger partial charge in [-0.05, 0) is 43.0 Å². The third kappa shape index (κ3) is 4.16. The first-order valence-electron chi connectivity index (χ1n) is 10.4. The van der Waals surface area contributed by atoms with E-state index in [-0.39, 0.29) is 0 Å². The van der Waals surface area contributed by atoms with Crippen LogP contribution in [0.15, 0.2) is 47.6 Å². The van der Waals surface area contributed by atoms with Crippen LogP contribution in [0, 0.1) is 13.8 Å². The van der Waals surface area contributed by atoms with E-state index < -0.39 is 0 Å². The van der Waals surface area contributed by atoms with Crippen LogP contribution in [-0.4, -0.2) is 55.7 Å². The Balaban J connectivity index is 1.39. The van der Waals surface area contributed by atoms with E-state index in [9.17, 15) is 5.21 Å². The zero-order chi connectivity index (χ0) is 21.1. The molecule has 5 nitrogen and oxygen atoms in total. The SMILES string of the molecule is COc1ccccc1N1CCN(CC/C(=N\O)c2sc3ccc(C)cc3c2C)CC1. The second-order valence-corrected chi connectivity index (χ2v) is 8.91. The number of fused-ring (bicyclic) bond motifs is 1. The van der Waals surface area contributed by atoms with Crippen LogP contribution in [0.1, 0.15) is 22.4 Å². The van der Waals surface area contributed by atoms with Crippen LogP contribution in [0.2, 0.25) is 0 Å². The lowest BCUT2D eigenvalue weighted by Gasteiger charge is -2.36. The molecule has 2 heterocycles. The number of hydrogen-bond donors (Lipinski definition) is 1. The Morgan fingerprint density at radius 3 is 2.60 bits per heavy atom. The van der Waals surface area contributed by atoms with E-state index in [0.29, 0.717) is 0 Å². The zero-order valence-electron chi connectivity index (χ0n) is 17.9. The Morgan fingerprint density at radius 1 is 1.10 bits per heavy atom. The lowest BCUT2D eigenvalue weighted by Crippen LogP contribution is -2.47. The van der Waals surface area contributed by atoms with Gasteiger partial charge in [-0.1, -0.05) is 35.0 Å². The fraction of sp³-hybridized carbons (Fsp3) is 0.375. The van der Waals surface area contributed by atoms with Crippen LogP contribution in [0.25, 0.3) is 10.1 Å². The quantitative estimate of drug-likeness (QED) is 0.347. The summed E-state index contributed by atoms with van der Waals surface area (Å²) in [6.45, 7) is 9.04. The van der Waals surface area contributed by atoms with Gasteiger partial charge in [-0.2, -0.15) is 0 Å². The van der Waals surface area contributed by atoms with Crippen molar-refractivity contribution in [3.05, 3.63) is 58.5 Å². The molecule has 6 heteroatoms. The Morgan fingerprint density at radius 2 is 1.87 bits per heavy atom. The molecule has 3 aromatic rings. The molecule has 1 aromatic heterocycles. The molecule has 0 atom stereocenters. The van der Waals surface area contributed by atoms with Crippen molar-refractivity contribution >= 4 is 32.8 Å². The predicted octanol–water partition coefficient (Wildman–Crippen LogP) is 4.92. The molecule has 1 N–H and O–H groups in total. The van der Waals surface area contributed by atoms with E-state index in [4.69, 9.17) is 4.74 Å². The number of piperazine rings is 1. The summed E-state index contributed by atoms with van der Waals surface area (Å²) >= 11 is 1.72. The number of aryl methyl sites for hydroxylation is 2. The molecule has 0 spiro atoms. The molecule has 0 aliphatic carbocycles. The molecule has 2 aromatic carbocycles. The normalized spacial score (nSPS) is 15.7. The Labute approximate surface area is 182 Å². The monoisotopic (exact) mass is 423 g/mol. The number of oxime groups is 1. The molecule has 0 radical (unpaired) electrons. The maximum Gasteiger partial charge on any atom is 0.142 e. The van der Waals surface area contributed by atoms with Gasteiger partial charge >= 0.3 is 0 Å². The second-order valence-electron chi connectivity index (χ2n) is 7.85. The number of para-hydroxylation sites is 2. The van der Waals surface area contributed by atoms with Crippen molar-refractivity contribution in [3.63, 3.8) is 0 Å². The first-order valence-corrected chi connectivity index (χ1v) is 11.2. The number of ether oxygens (including phenoxy) is 1. The largest absolute Gasteiger partial charge is 0.495 e. The van der Waals surface area contributed by atoms with Crippen LogP contribution in [0.3, 0.4) is 0 Å². The third-order valence-electron chi connectivity index (χ3n) is 5.94. The number of rotatable bonds is 6.